The van der Waals surface area contributed by atoms with Gasteiger partial charge in [0.15, 0.2) is 5.43 Å². The van der Waals surface area contributed by atoms with Gasteiger partial charge >= 0.3 is 0 Å². The van der Waals surface area contributed by atoms with Gasteiger partial charge in [-0.1, -0.05) is 11.6 Å². The van der Waals surface area contributed by atoms with Gasteiger partial charge in [0.25, 0.3) is 6.43 Å². The van der Waals surface area contributed by atoms with Gasteiger partial charge in [0.1, 0.15) is 0 Å². The molecule has 0 aliphatic heterocycles. The minimum Gasteiger partial charge on any atom is -0.353 e. The fourth-order valence-electron chi connectivity index (χ4n) is 1.62. The minimum atomic E-state index is -2.69. The number of rotatable bonds is 1. The minimum absolute atomic E-state index is 0.328. The van der Waals surface area contributed by atoms with E-state index in [-0.39, 0.29) is 5.69 Å². The molecular formula is C11H8ClF2NO. The fourth-order valence-corrected chi connectivity index (χ4v) is 1.89. The van der Waals surface area contributed by atoms with Crippen LogP contribution >= 0.6 is 11.6 Å². The summed E-state index contributed by atoms with van der Waals surface area (Å²) in [6.07, 6.45) is -2.69. The number of benzene rings is 1. The predicted molar refractivity (Wildman–Crippen MR) is 59.3 cm³/mol. The molecule has 0 atom stereocenters. The number of hydrogen-bond acceptors (Lipinski definition) is 1. The summed E-state index contributed by atoms with van der Waals surface area (Å²) in [6, 6.07) is 4.00. The normalized spacial score (nSPS) is 11.3. The van der Waals surface area contributed by atoms with Gasteiger partial charge in [0, 0.05) is 16.5 Å². The van der Waals surface area contributed by atoms with Gasteiger partial charge in [-0.15, -0.1) is 0 Å². The van der Waals surface area contributed by atoms with Crippen LogP contribution in [0.3, 0.4) is 0 Å². The van der Waals surface area contributed by atoms with Crippen molar-refractivity contribution in [2.45, 2.75) is 13.3 Å². The lowest BCUT2D eigenvalue weighted by Crippen LogP contribution is -2.06. The van der Waals surface area contributed by atoms with Crippen LogP contribution in [-0.4, -0.2) is 4.98 Å². The second-order valence-corrected chi connectivity index (χ2v) is 3.97. The summed E-state index contributed by atoms with van der Waals surface area (Å²) in [5, 5.41) is 0.745. The number of hydrogen-bond donors (Lipinski definition) is 1. The van der Waals surface area contributed by atoms with Crippen molar-refractivity contribution in [2.75, 3.05) is 0 Å². The predicted octanol–water partition coefficient (Wildman–Crippen LogP) is 3.43. The molecule has 2 nitrogen and oxygen atoms in total. The Balaban J connectivity index is 2.87. The molecule has 0 saturated heterocycles. The molecule has 5 heteroatoms. The Morgan fingerprint density at radius 1 is 1.31 bits per heavy atom. The van der Waals surface area contributed by atoms with Crippen LogP contribution in [0.1, 0.15) is 17.7 Å². The van der Waals surface area contributed by atoms with Crippen molar-refractivity contribution in [1.29, 1.82) is 0 Å². The number of aromatic amines is 1. The molecule has 16 heavy (non-hydrogen) atoms. The van der Waals surface area contributed by atoms with Crippen molar-refractivity contribution < 1.29 is 8.78 Å². The van der Waals surface area contributed by atoms with Crippen LogP contribution in [0.2, 0.25) is 5.02 Å². The maximum Gasteiger partial charge on any atom is 0.278 e. The van der Waals surface area contributed by atoms with Crippen LogP contribution in [0.5, 0.6) is 0 Å². The first-order valence-corrected chi connectivity index (χ1v) is 4.98. The van der Waals surface area contributed by atoms with Crippen molar-refractivity contribution in [2.24, 2.45) is 0 Å². The van der Waals surface area contributed by atoms with Crippen LogP contribution in [0.4, 0.5) is 8.78 Å². The van der Waals surface area contributed by atoms with Gasteiger partial charge < -0.3 is 4.98 Å². The van der Waals surface area contributed by atoms with Gasteiger partial charge in [0.2, 0.25) is 0 Å². The van der Waals surface area contributed by atoms with Gasteiger partial charge in [-0.05, 0) is 24.6 Å². The number of pyridine rings is 1. The van der Waals surface area contributed by atoms with Crippen LogP contribution < -0.4 is 5.43 Å². The number of alkyl halides is 2. The van der Waals surface area contributed by atoms with Crippen molar-refractivity contribution in [3.8, 4) is 0 Å². The molecule has 0 saturated carbocycles. The van der Waals surface area contributed by atoms with Crippen LogP contribution in [-0.2, 0) is 0 Å². The van der Waals surface area contributed by atoms with E-state index in [0.717, 1.165) is 6.07 Å². The van der Waals surface area contributed by atoms with Crippen molar-refractivity contribution in [3.05, 3.63) is 44.7 Å². The number of H-pyrrole nitrogens is 1. The summed E-state index contributed by atoms with van der Waals surface area (Å²) in [4.78, 5) is 14.2. The van der Waals surface area contributed by atoms with Crippen LogP contribution in [0, 0.1) is 6.92 Å². The molecule has 2 aromatic rings. The first kappa shape index (κ1) is 11.1. The quantitative estimate of drug-likeness (QED) is 0.818. The van der Waals surface area contributed by atoms with E-state index in [2.05, 4.69) is 4.98 Å². The smallest absolute Gasteiger partial charge is 0.278 e. The maximum absolute atomic E-state index is 12.5. The molecule has 0 aliphatic rings. The van der Waals surface area contributed by atoms with Gasteiger partial charge in [-0.3, -0.25) is 4.79 Å². The number of aryl methyl sites for hydroxylation is 1. The molecule has 0 amide bonds. The van der Waals surface area contributed by atoms with Gasteiger partial charge in [0.05, 0.1) is 11.2 Å². The van der Waals surface area contributed by atoms with Gasteiger partial charge in [-0.2, -0.15) is 0 Å². The third-order valence-corrected chi connectivity index (χ3v) is 2.58. The molecule has 1 aromatic carbocycles. The number of fused-ring (bicyclic) bond motifs is 1. The zero-order valence-corrected chi connectivity index (χ0v) is 9.11. The summed E-state index contributed by atoms with van der Waals surface area (Å²) in [5.74, 6) is 0. The molecule has 0 fully saturated rings. The van der Waals surface area contributed by atoms with E-state index in [1.165, 1.54) is 6.07 Å². The zero-order valence-electron chi connectivity index (χ0n) is 8.35. The van der Waals surface area contributed by atoms with E-state index in [4.69, 9.17) is 11.6 Å². The summed E-state index contributed by atoms with van der Waals surface area (Å²) >= 11 is 5.80. The Morgan fingerprint density at radius 3 is 2.62 bits per heavy atom. The number of nitrogens with one attached hydrogen (secondary N) is 1. The molecule has 0 spiro atoms. The summed E-state index contributed by atoms with van der Waals surface area (Å²) < 4.78 is 25.0. The highest BCUT2D eigenvalue weighted by Crippen LogP contribution is 2.22. The van der Waals surface area contributed by atoms with E-state index < -0.39 is 11.9 Å². The van der Waals surface area contributed by atoms with E-state index in [1.54, 1.807) is 13.0 Å². The number of halogens is 3. The average molecular weight is 244 g/mol. The Labute approximate surface area is 94.9 Å². The summed E-state index contributed by atoms with van der Waals surface area (Å²) in [6.45, 7) is 1.71. The maximum atomic E-state index is 12.5. The molecular weight excluding hydrogens is 236 g/mol. The average Bonchev–Trinajstić information content (AvgIpc) is 2.19. The molecule has 1 aromatic heterocycles. The number of aromatic nitrogens is 1. The summed E-state index contributed by atoms with van der Waals surface area (Å²) in [7, 11) is 0. The molecule has 1 heterocycles. The molecule has 0 bridgehead atoms. The molecule has 0 aliphatic carbocycles. The molecule has 1 N–H and O–H groups in total. The third-order valence-electron chi connectivity index (χ3n) is 2.36. The lowest BCUT2D eigenvalue weighted by Gasteiger charge is -2.06. The molecule has 0 radical (unpaired) electrons. The SMILES string of the molecule is Cc1cc(Cl)cc2c(=O)cc(C(F)F)[nH]c12. The second-order valence-electron chi connectivity index (χ2n) is 3.53. The Hall–Kier alpha value is -1.42. The van der Waals surface area contributed by atoms with Gasteiger partial charge in [-0.25, -0.2) is 8.78 Å². The fraction of sp³-hybridized carbons (Fsp3) is 0.182. The zero-order chi connectivity index (χ0) is 11.9. The van der Waals surface area contributed by atoms with Crippen molar-refractivity contribution in [3.63, 3.8) is 0 Å². The highest BCUT2D eigenvalue weighted by atomic mass is 35.5. The molecule has 84 valence electrons. The topological polar surface area (TPSA) is 32.9 Å². The van der Waals surface area contributed by atoms with Crippen molar-refractivity contribution >= 4 is 22.5 Å². The van der Waals surface area contributed by atoms with Crippen LogP contribution in [0.15, 0.2) is 23.0 Å². The highest BCUT2D eigenvalue weighted by molar-refractivity contribution is 6.31. The second kappa shape index (κ2) is 3.87. The first-order valence-electron chi connectivity index (χ1n) is 4.60. The Kier molecular flexibility index (Phi) is 2.68. The van der Waals surface area contributed by atoms with E-state index in [1.807, 2.05) is 0 Å². The largest absolute Gasteiger partial charge is 0.353 e. The molecule has 2 rings (SSSR count). The van der Waals surface area contributed by atoms with Crippen LogP contribution in [0.25, 0.3) is 10.9 Å². The lowest BCUT2D eigenvalue weighted by molar-refractivity contribution is 0.146. The Bertz CT molecular complexity index is 607. The Morgan fingerprint density at radius 2 is 2.00 bits per heavy atom. The summed E-state index contributed by atoms with van der Waals surface area (Å²) in [5.41, 5.74) is 0.256. The molecule has 0 unspecified atom stereocenters. The van der Waals surface area contributed by atoms with E-state index in [9.17, 15) is 13.6 Å². The standard InChI is InChI=1S/C11H8ClF2NO/c1-5-2-6(12)3-7-9(16)4-8(11(13)14)15-10(5)7/h2-4,11H,1H3,(H,15,16). The van der Waals surface area contributed by atoms with Crippen molar-refractivity contribution in [1.82, 2.24) is 4.98 Å². The first-order chi connectivity index (χ1) is 7.49. The highest BCUT2D eigenvalue weighted by Gasteiger charge is 2.12. The third kappa shape index (κ3) is 1.80. The van der Waals surface area contributed by atoms with E-state index in [0.29, 0.717) is 21.5 Å². The lowest BCUT2D eigenvalue weighted by atomic mass is 10.1. The van der Waals surface area contributed by atoms with E-state index >= 15 is 0 Å². The monoisotopic (exact) mass is 243 g/mol.